The van der Waals surface area contributed by atoms with Crippen molar-refractivity contribution in [3.63, 3.8) is 0 Å². The highest BCUT2D eigenvalue weighted by molar-refractivity contribution is 5.98. The van der Waals surface area contributed by atoms with E-state index in [0.717, 1.165) is 33.5 Å². The average molecular weight is 314 g/mol. The summed E-state index contributed by atoms with van der Waals surface area (Å²) < 4.78 is 5.27. The van der Waals surface area contributed by atoms with Gasteiger partial charge in [0.15, 0.2) is 12.2 Å². The summed E-state index contributed by atoms with van der Waals surface area (Å²) in [5, 5.41) is 5.39. The highest BCUT2D eigenvalue weighted by atomic mass is 16.3. The highest BCUT2D eigenvalue weighted by Crippen LogP contribution is 2.20. The zero-order chi connectivity index (χ0) is 16.2. The molecule has 2 aromatic carbocycles. The SMILES string of the molecule is C(=N/Nc1ccc(-c2cnco2)cc1)/c1ccnc2ccccc12. The van der Waals surface area contributed by atoms with Crippen LogP contribution in [0.1, 0.15) is 5.56 Å². The summed E-state index contributed by atoms with van der Waals surface area (Å²) in [6.07, 6.45) is 6.70. The van der Waals surface area contributed by atoms with Gasteiger partial charge in [-0.3, -0.25) is 10.4 Å². The summed E-state index contributed by atoms with van der Waals surface area (Å²) >= 11 is 0. The van der Waals surface area contributed by atoms with E-state index in [2.05, 4.69) is 20.5 Å². The lowest BCUT2D eigenvalue weighted by Gasteiger charge is -2.03. The number of fused-ring (bicyclic) bond motifs is 1. The van der Waals surface area contributed by atoms with Crippen molar-refractivity contribution in [1.82, 2.24) is 9.97 Å². The van der Waals surface area contributed by atoms with Gasteiger partial charge in [0.1, 0.15) is 0 Å². The topological polar surface area (TPSA) is 63.3 Å². The average Bonchev–Trinajstić information content (AvgIpc) is 3.17. The smallest absolute Gasteiger partial charge is 0.181 e. The zero-order valence-electron chi connectivity index (χ0n) is 12.8. The molecule has 0 saturated heterocycles. The van der Waals surface area contributed by atoms with Crippen LogP contribution in [0.2, 0.25) is 0 Å². The van der Waals surface area contributed by atoms with Gasteiger partial charge in [0.25, 0.3) is 0 Å². The van der Waals surface area contributed by atoms with E-state index in [0.29, 0.717) is 0 Å². The van der Waals surface area contributed by atoms with Crippen LogP contribution < -0.4 is 5.43 Å². The molecule has 2 heterocycles. The Morgan fingerprint density at radius 1 is 1.00 bits per heavy atom. The molecule has 0 saturated carbocycles. The van der Waals surface area contributed by atoms with E-state index in [9.17, 15) is 0 Å². The maximum Gasteiger partial charge on any atom is 0.181 e. The fourth-order valence-electron chi connectivity index (χ4n) is 2.47. The van der Waals surface area contributed by atoms with E-state index >= 15 is 0 Å². The molecule has 0 amide bonds. The van der Waals surface area contributed by atoms with Crippen molar-refractivity contribution in [2.45, 2.75) is 0 Å². The molecule has 2 aromatic heterocycles. The van der Waals surface area contributed by atoms with Crippen molar-refractivity contribution in [3.8, 4) is 11.3 Å². The Labute approximate surface area is 138 Å². The summed E-state index contributed by atoms with van der Waals surface area (Å²) in [4.78, 5) is 8.26. The van der Waals surface area contributed by atoms with Crippen molar-refractivity contribution in [3.05, 3.63) is 78.9 Å². The van der Waals surface area contributed by atoms with E-state index in [4.69, 9.17) is 4.42 Å². The lowest BCUT2D eigenvalue weighted by molar-refractivity contribution is 0.572. The molecule has 0 aliphatic rings. The van der Waals surface area contributed by atoms with Gasteiger partial charge in [0.2, 0.25) is 0 Å². The van der Waals surface area contributed by atoms with Crippen molar-refractivity contribution in [2.75, 3.05) is 5.43 Å². The van der Waals surface area contributed by atoms with Crippen molar-refractivity contribution >= 4 is 22.8 Å². The van der Waals surface area contributed by atoms with Crippen LogP contribution in [0.5, 0.6) is 0 Å². The number of nitrogens with one attached hydrogen (secondary N) is 1. The van der Waals surface area contributed by atoms with Crippen molar-refractivity contribution < 1.29 is 4.42 Å². The van der Waals surface area contributed by atoms with Crippen LogP contribution in [0.4, 0.5) is 5.69 Å². The molecule has 0 aliphatic heterocycles. The minimum Gasteiger partial charge on any atom is -0.444 e. The maximum atomic E-state index is 5.27. The monoisotopic (exact) mass is 314 g/mol. The van der Waals surface area contributed by atoms with Gasteiger partial charge in [-0.2, -0.15) is 5.10 Å². The van der Waals surface area contributed by atoms with Gasteiger partial charge in [-0.1, -0.05) is 18.2 Å². The molecule has 0 bridgehead atoms. The molecule has 1 N–H and O–H groups in total. The van der Waals surface area contributed by atoms with Crippen LogP contribution in [0, 0.1) is 0 Å². The minimum absolute atomic E-state index is 0.744. The molecular weight excluding hydrogens is 300 g/mol. The molecule has 4 rings (SSSR count). The fraction of sp³-hybridized carbons (Fsp3) is 0. The molecule has 0 aliphatic carbocycles. The van der Waals surface area contributed by atoms with Crippen LogP contribution in [0.25, 0.3) is 22.2 Å². The van der Waals surface area contributed by atoms with Crippen molar-refractivity contribution in [1.29, 1.82) is 0 Å². The second-order valence-corrected chi connectivity index (χ2v) is 5.23. The third-order valence-corrected chi connectivity index (χ3v) is 3.68. The number of hydrazone groups is 1. The number of benzene rings is 2. The second-order valence-electron chi connectivity index (χ2n) is 5.23. The number of rotatable bonds is 4. The summed E-state index contributed by atoms with van der Waals surface area (Å²) in [6, 6.07) is 17.8. The van der Waals surface area contributed by atoms with E-state index in [-0.39, 0.29) is 0 Å². The van der Waals surface area contributed by atoms with Gasteiger partial charge in [0, 0.05) is 22.7 Å². The molecule has 24 heavy (non-hydrogen) atoms. The van der Waals surface area contributed by atoms with Crippen LogP contribution in [0.15, 0.2) is 82.9 Å². The molecule has 5 heteroatoms. The molecule has 0 radical (unpaired) electrons. The number of pyridine rings is 1. The Hall–Kier alpha value is -3.47. The zero-order valence-corrected chi connectivity index (χ0v) is 12.8. The number of hydrogen-bond acceptors (Lipinski definition) is 5. The number of oxazole rings is 1. The van der Waals surface area contributed by atoms with Crippen LogP contribution >= 0.6 is 0 Å². The molecule has 116 valence electrons. The quantitative estimate of drug-likeness (QED) is 0.449. The van der Waals surface area contributed by atoms with Crippen LogP contribution in [-0.2, 0) is 0 Å². The number of nitrogens with zero attached hydrogens (tertiary/aromatic N) is 3. The Balaban J connectivity index is 1.51. The summed E-state index contributed by atoms with van der Waals surface area (Å²) in [7, 11) is 0. The number of para-hydroxylation sites is 1. The van der Waals surface area contributed by atoms with E-state index < -0.39 is 0 Å². The molecule has 5 nitrogen and oxygen atoms in total. The van der Waals surface area contributed by atoms with Gasteiger partial charge < -0.3 is 4.42 Å². The first-order chi connectivity index (χ1) is 11.9. The van der Waals surface area contributed by atoms with Crippen LogP contribution in [0.3, 0.4) is 0 Å². The summed E-state index contributed by atoms with van der Waals surface area (Å²) in [6.45, 7) is 0. The Morgan fingerprint density at radius 2 is 1.88 bits per heavy atom. The maximum absolute atomic E-state index is 5.27. The predicted molar refractivity (Wildman–Crippen MR) is 94.9 cm³/mol. The second kappa shape index (κ2) is 6.34. The fourth-order valence-corrected chi connectivity index (χ4v) is 2.47. The predicted octanol–water partition coefficient (Wildman–Crippen LogP) is 4.34. The summed E-state index contributed by atoms with van der Waals surface area (Å²) in [5.41, 5.74) is 6.88. The van der Waals surface area contributed by atoms with E-state index in [1.807, 2.05) is 54.6 Å². The Kier molecular flexibility index (Phi) is 3.73. The normalized spacial score (nSPS) is 11.2. The van der Waals surface area contributed by atoms with E-state index in [1.54, 1.807) is 18.6 Å². The molecule has 0 fully saturated rings. The standard InChI is InChI=1S/C19H14N4O/c1-2-4-18-17(3-1)15(9-10-21-18)11-22-23-16-7-5-14(6-8-16)19-12-20-13-24-19/h1-13,23H/b22-11-. The van der Waals surface area contributed by atoms with Gasteiger partial charge in [-0.25, -0.2) is 4.98 Å². The van der Waals surface area contributed by atoms with Crippen molar-refractivity contribution in [2.24, 2.45) is 5.10 Å². The van der Waals surface area contributed by atoms with E-state index in [1.165, 1.54) is 6.39 Å². The largest absolute Gasteiger partial charge is 0.444 e. The summed E-state index contributed by atoms with van der Waals surface area (Å²) in [5.74, 6) is 0.744. The number of aromatic nitrogens is 2. The lowest BCUT2D eigenvalue weighted by Crippen LogP contribution is -1.92. The minimum atomic E-state index is 0.744. The third-order valence-electron chi connectivity index (χ3n) is 3.68. The Bertz CT molecular complexity index is 971. The van der Waals surface area contributed by atoms with Gasteiger partial charge in [-0.15, -0.1) is 0 Å². The number of hydrogen-bond donors (Lipinski definition) is 1. The molecule has 4 aromatic rings. The van der Waals surface area contributed by atoms with Gasteiger partial charge in [0.05, 0.1) is 23.6 Å². The molecular formula is C19H14N4O. The first kappa shape index (κ1) is 14.1. The first-order valence-corrected chi connectivity index (χ1v) is 7.52. The van der Waals surface area contributed by atoms with Crippen LogP contribution in [-0.4, -0.2) is 16.2 Å². The van der Waals surface area contributed by atoms with Gasteiger partial charge in [-0.05, 0) is 36.4 Å². The highest BCUT2D eigenvalue weighted by Gasteiger charge is 2.01. The molecule has 0 unspecified atom stereocenters. The third kappa shape index (κ3) is 2.87. The first-order valence-electron chi connectivity index (χ1n) is 7.52. The number of anilines is 1. The Morgan fingerprint density at radius 3 is 2.71 bits per heavy atom. The molecule has 0 spiro atoms. The van der Waals surface area contributed by atoms with Gasteiger partial charge >= 0.3 is 0 Å². The lowest BCUT2D eigenvalue weighted by atomic mass is 10.1. The molecule has 0 atom stereocenters.